The van der Waals surface area contributed by atoms with Crippen molar-refractivity contribution in [2.75, 3.05) is 26.7 Å². The van der Waals surface area contributed by atoms with Gasteiger partial charge in [0.05, 0.1) is 10.7 Å². The van der Waals surface area contributed by atoms with E-state index in [2.05, 4.69) is 32.5 Å². The van der Waals surface area contributed by atoms with Gasteiger partial charge in [-0.1, -0.05) is 11.6 Å². The molecule has 0 fully saturated rings. The van der Waals surface area contributed by atoms with E-state index in [1.807, 2.05) is 0 Å². The van der Waals surface area contributed by atoms with Gasteiger partial charge in [0.2, 0.25) is 0 Å². The van der Waals surface area contributed by atoms with Gasteiger partial charge in [0.1, 0.15) is 11.3 Å². The normalized spacial score (nSPS) is 14.1. The number of aromatic nitrogens is 3. The lowest BCUT2D eigenvalue weighted by Gasteiger charge is -2.20. The minimum absolute atomic E-state index is 0.210. The second-order valence-corrected chi connectivity index (χ2v) is 8.15. The number of nitrogens with one attached hydrogen (secondary N) is 2. The molecule has 0 aromatic carbocycles. The van der Waals surface area contributed by atoms with Crippen molar-refractivity contribution in [1.29, 1.82) is 0 Å². The molecule has 2 N–H and O–H groups in total. The zero-order valence-electron chi connectivity index (χ0n) is 15.2. The number of likely N-dealkylation sites (N-methyl/N-ethyl adjacent to an activating group) is 1. The molecule has 2 amide bonds. The predicted molar refractivity (Wildman–Crippen MR) is 107 cm³/mol. The highest BCUT2D eigenvalue weighted by Crippen LogP contribution is 2.24. The van der Waals surface area contributed by atoms with Crippen LogP contribution in [0.15, 0.2) is 24.5 Å². The summed E-state index contributed by atoms with van der Waals surface area (Å²) in [7, 11) is 2.06. The summed E-state index contributed by atoms with van der Waals surface area (Å²) in [6.45, 7) is 2.40. The van der Waals surface area contributed by atoms with Crippen molar-refractivity contribution < 1.29 is 9.59 Å². The molecule has 0 saturated carbocycles. The van der Waals surface area contributed by atoms with Gasteiger partial charge in [-0.15, -0.1) is 11.3 Å². The smallest absolute Gasteiger partial charge is 0.280 e. The quantitative estimate of drug-likeness (QED) is 0.614. The second kappa shape index (κ2) is 7.86. The third-order valence-electron chi connectivity index (χ3n) is 4.46. The first kappa shape index (κ1) is 18.9. The summed E-state index contributed by atoms with van der Waals surface area (Å²) < 4.78 is 1.70. The molecule has 0 radical (unpaired) electrons. The van der Waals surface area contributed by atoms with Crippen molar-refractivity contribution in [3.63, 3.8) is 0 Å². The van der Waals surface area contributed by atoms with Gasteiger partial charge in [-0.05, 0) is 19.2 Å². The van der Waals surface area contributed by atoms with Crippen LogP contribution in [-0.2, 0) is 13.0 Å². The Kier molecular flexibility index (Phi) is 5.29. The maximum atomic E-state index is 12.3. The summed E-state index contributed by atoms with van der Waals surface area (Å²) in [6, 6.07) is 3.46. The number of rotatable bonds is 5. The summed E-state index contributed by atoms with van der Waals surface area (Å²) in [6.07, 6.45) is 4.18. The van der Waals surface area contributed by atoms with Crippen LogP contribution in [-0.4, -0.2) is 57.8 Å². The summed E-state index contributed by atoms with van der Waals surface area (Å²) in [4.78, 5) is 36.6. The fourth-order valence-corrected chi connectivity index (χ4v) is 4.29. The van der Waals surface area contributed by atoms with Crippen LogP contribution in [0.3, 0.4) is 0 Å². The van der Waals surface area contributed by atoms with Gasteiger partial charge in [-0.25, -0.2) is 9.97 Å². The van der Waals surface area contributed by atoms with Gasteiger partial charge < -0.3 is 19.9 Å². The highest BCUT2D eigenvalue weighted by molar-refractivity contribution is 7.13. The molecule has 10 heteroatoms. The largest absolute Gasteiger partial charge is 0.349 e. The zero-order chi connectivity index (χ0) is 19.7. The minimum Gasteiger partial charge on any atom is -0.349 e. The molecule has 0 saturated heterocycles. The van der Waals surface area contributed by atoms with E-state index in [4.69, 9.17) is 11.6 Å². The van der Waals surface area contributed by atoms with E-state index >= 15 is 0 Å². The highest BCUT2D eigenvalue weighted by Gasteiger charge is 2.21. The van der Waals surface area contributed by atoms with Crippen LogP contribution in [0.4, 0.5) is 0 Å². The van der Waals surface area contributed by atoms with Crippen molar-refractivity contribution in [3.8, 4) is 0 Å². The Morgan fingerprint density at radius 1 is 1.18 bits per heavy atom. The third kappa shape index (κ3) is 4.01. The standard InChI is InChI=1S/C18H19ClN6O2S/c1-24-7-4-12-14(10-24)28-18(23-12)17(27)21-6-5-20-16(26)13-9-25-8-11(19)2-3-15(25)22-13/h2-3,8-9H,4-7,10H2,1H3,(H,20,26)(H,21,27). The molecule has 3 aromatic rings. The number of hydrogen-bond donors (Lipinski definition) is 2. The lowest BCUT2D eigenvalue weighted by molar-refractivity contribution is 0.0925. The van der Waals surface area contributed by atoms with E-state index in [1.54, 1.807) is 28.9 Å². The van der Waals surface area contributed by atoms with Gasteiger partial charge in [0, 0.05) is 49.9 Å². The monoisotopic (exact) mass is 418 g/mol. The Bertz CT molecular complexity index is 1050. The highest BCUT2D eigenvalue weighted by atomic mass is 35.5. The van der Waals surface area contributed by atoms with Crippen molar-refractivity contribution in [1.82, 2.24) is 29.9 Å². The van der Waals surface area contributed by atoms with E-state index in [-0.39, 0.29) is 11.8 Å². The fourth-order valence-electron chi connectivity index (χ4n) is 3.01. The number of pyridine rings is 1. The third-order valence-corrected chi connectivity index (χ3v) is 5.76. The first-order chi connectivity index (χ1) is 13.5. The maximum Gasteiger partial charge on any atom is 0.280 e. The molecular formula is C18H19ClN6O2S. The molecule has 1 aliphatic rings. The zero-order valence-corrected chi connectivity index (χ0v) is 16.8. The number of amides is 2. The van der Waals surface area contributed by atoms with E-state index in [0.717, 1.165) is 30.1 Å². The van der Waals surface area contributed by atoms with Crippen LogP contribution in [0.5, 0.6) is 0 Å². The number of carbonyl (C=O) groups excluding carboxylic acids is 2. The Hall–Kier alpha value is -2.49. The molecule has 0 bridgehead atoms. The van der Waals surface area contributed by atoms with Crippen LogP contribution in [0, 0.1) is 0 Å². The van der Waals surface area contributed by atoms with Crippen LogP contribution in [0.25, 0.3) is 5.65 Å². The first-order valence-electron chi connectivity index (χ1n) is 8.87. The molecule has 4 rings (SSSR count). The Morgan fingerprint density at radius 3 is 2.79 bits per heavy atom. The number of nitrogens with zero attached hydrogens (tertiary/aromatic N) is 4. The van der Waals surface area contributed by atoms with Crippen molar-refractivity contribution in [2.24, 2.45) is 0 Å². The molecule has 0 atom stereocenters. The SMILES string of the molecule is CN1CCc2nc(C(=O)NCCNC(=O)c3cn4cc(Cl)ccc4n3)sc2C1. The van der Waals surface area contributed by atoms with Gasteiger partial charge in [-0.2, -0.15) is 0 Å². The fraction of sp³-hybridized carbons (Fsp3) is 0.333. The minimum atomic E-state index is -0.304. The average molecular weight is 419 g/mol. The molecule has 8 nitrogen and oxygen atoms in total. The summed E-state index contributed by atoms with van der Waals surface area (Å²) in [5.74, 6) is -0.513. The molecule has 3 aromatic heterocycles. The average Bonchev–Trinajstić information content (AvgIpc) is 3.28. The van der Waals surface area contributed by atoms with Crippen molar-refractivity contribution in [2.45, 2.75) is 13.0 Å². The lowest BCUT2D eigenvalue weighted by Crippen LogP contribution is -2.34. The van der Waals surface area contributed by atoms with Gasteiger partial charge in [-0.3, -0.25) is 9.59 Å². The van der Waals surface area contributed by atoms with Crippen LogP contribution >= 0.6 is 22.9 Å². The lowest BCUT2D eigenvalue weighted by atomic mass is 10.2. The van der Waals surface area contributed by atoms with Crippen LogP contribution in [0.2, 0.25) is 5.02 Å². The number of imidazole rings is 1. The maximum absolute atomic E-state index is 12.3. The number of hydrogen-bond acceptors (Lipinski definition) is 6. The Labute approximate surface area is 170 Å². The molecule has 0 unspecified atom stereocenters. The molecule has 1 aliphatic heterocycles. The molecule has 146 valence electrons. The topological polar surface area (TPSA) is 91.6 Å². The summed E-state index contributed by atoms with van der Waals surface area (Å²) in [5, 5.41) is 6.59. The van der Waals surface area contributed by atoms with Crippen molar-refractivity contribution in [3.05, 3.63) is 50.8 Å². The van der Waals surface area contributed by atoms with E-state index in [0.29, 0.717) is 34.5 Å². The van der Waals surface area contributed by atoms with Gasteiger partial charge in [0.25, 0.3) is 11.8 Å². The van der Waals surface area contributed by atoms with E-state index < -0.39 is 0 Å². The summed E-state index contributed by atoms with van der Waals surface area (Å²) >= 11 is 7.37. The first-order valence-corrected chi connectivity index (χ1v) is 10.1. The summed E-state index contributed by atoms with van der Waals surface area (Å²) in [5.41, 5.74) is 1.96. The molecule has 28 heavy (non-hydrogen) atoms. The molecule has 0 aliphatic carbocycles. The number of thiazole rings is 1. The Morgan fingerprint density at radius 2 is 1.96 bits per heavy atom. The predicted octanol–water partition coefficient (Wildman–Crippen LogP) is 1.59. The van der Waals surface area contributed by atoms with Crippen LogP contribution < -0.4 is 10.6 Å². The molecular weight excluding hydrogens is 400 g/mol. The Balaban J connectivity index is 1.28. The number of halogens is 1. The van der Waals surface area contributed by atoms with Gasteiger partial charge >= 0.3 is 0 Å². The second-order valence-electron chi connectivity index (χ2n) is 6.63. The van der Waals surface area contributed by atoms with Crippen LogP contribution in [0.1, 0.15) is 30.9 Å². The number of carbonyl (C=O) groups is 2. The molecule has 4 heterocycles. The number of fused-ring (bicyclic) bond motifs is 2. The van der Waals surface area contributed by atoms with Crippen molar-refractivity contribution >= 4 is 40.4 Å². The van der Waals surface area contributed by atoms with Gasteiger partial charge in [0.15, 0.2) is 5.01 Å². The van der Waals surface area contributed by atoms with E-state index in [9.17, 15) is 9.59 Å². The molecule has 0 spiro atoms. The van der Waals surface area contributed by atoms with E-state index in [1.165, 1.54) is 11.3 Å².